The van der Waals surface area contributed by atoms with E-state index in [0.717, 1.165) is 17.1 Å². The lowest BCUT2D eigenvalue weighted by molar-refractivity contribution is 0.770. The molecule has 320 valence electrons. The van der Waals surface area contributed by atoms with Crippen molar-refractivity contribution >= 4 is 60.2 Å². The number of rotatable bonds is 7. The molecule has 0 unspecified atom stereocenters. The molecule has 0 bridgehead atoms. The van der Waals surface area contributed by atoms with Gasteiger partial charge in [0.25, 0.3) is 0 Å². The van der Waals surface area contributed by atoms with Crippen LogP contribution < -0.4 is 4.90 Å². The van der Waals surface area contributed by atoms with E-state index in [9.17, 15) is 0 Å². The maximum atomic E-state index is 2.46. The van der Waals surface area contributed by atoms with Crippen LogP contribution in [-0.4, -0.2) is 0 Å². The predicted octanol–water partition coefficient (Wildman–Crippen LogP) is 18.1. The van der Waals surface area contributed by atoms with E-state index in [1.54, 1.807) is 0 Å². The molecule has 0 spiro atoms. The van der Waals surface area contributed by atoms with Crippen molar-refractivity contribution in [2.45, 2.75) is 19.3 Å². The van der Waals surface area contributed by atoms with Crippen LogP contribution in [0.3, 0.4) is 0 Å². The zero-order valence-electron chi connectivity index (χ0n) is 38.1. The van der Waals surface area contributed by atoms with E-state index < -0.39 is 5.41 Å². The highest BCUT2D eigenvalue weighted by Gasteiger charge is 2.47. The number of fused-ring (bicyclic) bond motifs is 7. The molecule has 0 aliphatic heterocycles. The summed E-state index contributed by atoms with van der Waals surface area (Å²) < 4.78 is 0. The fraction of sp³-hybridized carbons (Fsp3) is 0.0448. The second-order valence-corrected chi connectivity index (χ2v) is 18.4. The van der Waals surface area contributed by atoms with Gasteiger partial charge in [-0.2, -0.15) is 0 Å². The Labute approximate surface area is 397 Å². The summed E-state index contributed by atoms with van der Waals surface area (Å²) in [4.78, 5) is 2.46. The van der Waals surface area contributed by atoms with Crippen LogP contribution in [0.2, 0.25) is 0 Å². The number of aryl methyl sites for hydroxylation is 2. The molecule has 0 fully saturated rings. The minimum absolute atomic E-state index is 0.542. The van der Waals surface area contributed by atoms with Gasteiger partial charge in [-0.25, -0.2) is 0 Å². The highest BCUT2D eigenvalue weighted by atomic mass is 15.1. The summed E-state index contributed by atoms with van der Waals surface area (Å²) in [5.41, 5.74) is 18.1. The van der Waals surface area contributed by atoms with Crippen LogP contribution in [0, 0.1) is 13.8 Å². The van der Waals surface area contributed by atoms with Crippen molar-refractivity contribution in [2.75, 3.05) is 4.90 Å². The molecule has 13 rings (SSSR count). The van der Waals surface area contributed by atoms with Crippen LogP contribution >= 0.6 is 0 Å². The van der Waals surface area contributed by atoms with Crippen molar-refractivity contribution in [3.8, 4) is 33.4 Å². The maximum absolute atomic E-state index is 2.46. The summed E-state index contributed by atoms with van der Waals surface area (Å²) in [6.07, 6.45) is 0. The predicted molar refractivity (Wildman–Crippen MR) is 289 cm³/mol. The number of hydrogen-bond acceptors (Lipinski definition) is 1. The Morgan fingerprint density at radius 2 is 0.706 bits per heavy atom. The van der Waals surface area contributed by atoms with Crippen molar-refractivity contribution in [3.63, 3.8) is 0 Å². The van der Waals surface area contributed by atoms with Crippen molar-refractivity contribution in [3.05, 3.63) is 282 Å². The van der Waals surface area contributed by atoms with E-state index in [4.69, 9.17) is 0 Å². The Morgan fingerprint density at radius 1 is 0.294 bits per heavy atom. The van der Waals surface area contributed by atoms with Crippen molar-refractivity contribution < 1.29 is 0 Å². The van der Waals surface area contributed by atoms with E-state index in [0.29, 0.717) is 0 Å². The van der Waals surface area contributed by atoms with Crippen LogP contribution in [-0.2, 0) is 5.41 Å². The maximum Gasteiger partial charge on any atom is 0.0719 e. The molecule has 0 saturated heterocycles. The first-order chi connectivity index (χ1) is 33.6. The number of benzene rings is 12. The molecule has 1 heteroatoms. The Morgan fingerprint density at radius 3 is 1.24 bits per heavy atom. The molecule has 0 N–H and O–H groups in total. The fourth-order valence-corrected chi connectivity index (χ4v) is 11.9. The van der Waals surface area contributed by atoms with Crippen LogP contribution in [0.5, 0.6) is 0 Å². The van der Waals surface area contributed by atoms with Gasteiger partial charge in [-0.3, -0.25) is 0 Å². The largest absolute Gasteiger partial charge is 0.309 e. The minimum Gasteiger partial charge on any atom is -0.309 e. The Bertz CT molecular complexity index is 3740. The van der Waals surface area contributed by atoms with Crippen molar-refractivity contribution in [1.82, 2.24) is 0 Å². The van der Waals surface area contributed by atoms with Crippen LogP contribution in [0.15, 0.2) is 249 Å². The van der Waals surface area contributed by atoms with Crippen molar-refractivity contribution in [2.24, 2.45) is 0 Å². The normalized spacial score (nSPS) is 12.7. The molecule has 1 nitrogen and oxygen atoms in total. The van der Waals surface area contributed by atoms with E-state index in [-0.39, 0.29) is 0 Å². The van der Waals surface area contributed by atoms with Gasteiger partial charge in [0, 0.05) is 16.5 Å². The van der Waals surface area contributed by atoms with Gasteiger partial charge >= 0.3 is 0 Å². The number of hydrogen-bond donors (Lipinski definition) is 0. The molecule has 0 radical (unpaired) electrons. The van der Waals surface area contributed by atoms with Gasteiger partial charge in [-0.05, 0) is 137 Å². The monoisotopic (exact) mass is 865 g/mol. The molecular formula is C67H47N. The molecular weight excluding hydrogens is 819 g/mol. The topological polar surface area (TPSA) is 3.24 Å². The van der Waals surface area contributed by atoms with Gasteiger partial charge in [-0.15, -0.1) is 0 Å². The molecule has 0 amide bonds. The summed E-state index contributed by atoms with van der Waals surface area (Å²) in [5.74, 6) is 0. The lowest BCUT2D eigenvalue weighted by atomic mass is 9.65. The number of nitrogens with zero attached hydrogens (tertiary/aromatic N) is 1. The molecule has 68 heavy (non-hydrogen) atoms. The smallest absolute Gasteiger partial charge is 0.0719 e. The molecule has 0 saturated carbocycles. The van der Waals surface area contributed by atoms with E-state index >= 15 is 0 Å². The lowest BCUT2D eigenvalue weighted by Gasteiger charge is -2.35. The van der Waals surface area contributed by atoms with Gasteiger partial charge in [0.15, 0.2) is 0 Å². The molecule has 0 aromatic heterocycles. The zero-order chi connectivity index (χ0) is 45.3. The summed E-state index contributed by atoms with van der Waals surface area (Å²) >= 11 is 0. The van der Waals surface area contributed by atoms with Gasteiger partial charge < -0.3 is 4.90 Å². The number of anilines is 3. The second kappa shape index (κ2) is 15.8. The first-order valence-electron chi connectivity index (χ1n) is 23.8. The zero-order valence-corrected chi connectivity index (χ0v) is 38.1. The first kappa shape index (κ1) is 39.8. The fourth-order valence-electron chi connectivity index (χ4n) is 11.9. The Hall–Kier alpha value is -8.52. The Kier molecular flexibility index (Phi) is 9.27. The molecule has 1 aliphatic carbocycles. The van der Waals surface area contributed by atoms with Crippen molar-refractivity contribution in [1.29, 1.82) is 0 Å². The van der Waals surface area contributed by atoms with Gasteiger partial charge in [-0.1, -0.05) is 224 Å². The van der Waals surface area contributed by atoms with Crippen LogP contribution in [0.1, 0.15) is 33.4 Å². The Balaban J connectivity index is 1.05. The van der Waals surface area contributed by atoms with Gasteiger partial charge in [0.05, 0.1) is 16.8 Å². The third-order valence-electron chi connectivity index (χ3n) is 14.8. The quantitative estimate of drug-likeness (QED) is 0.144. The average Bonchev–Trinajstić information content (AvgIpc) is 3.71. The van der Waals surface area contributed by atoms with Crippen LogP contribution in [0.25, 0.3) is 76.5 Å². The minimum atomic E-state index is -0.542. The van der Waals surface area contributed by atoms with E-state index in [2.05, 4.69) is 267 Å². The highest BCUT2D eigenvalue weighted by Crippen LogP contribution is 2.60. The average molecular weight is 866 g/mol. The van der Waals surface area contributed by atoms with Gasteiger partial charge in [0.1, 0.15) is 0 Å². The summed E-state index contributed by atoms with van der Waals surface area (Å²) in [6.45, 7) is 4.42. The van der Waals surface area contributed by atoms with E-state index in [1.807, 2.05) is 0 Å². The molecule has 12 aromatic carbocycles. The van der Waals surface area contributed by atoms with Crippen LogP contribution in [0.4, 0.5) is 17.1 Å². The second-order valence-electron chi connectivity index (χ2n) is 18.4. The first-order valence-corrected chi connectivity index (χ1v) is 23.8. The standard InChI is InChI=1S/C67H47N/c1-44-36-42-62(53-27-11-9-24-50(44)53)68(63-43-37-45(2)51-25-10-12-28-54(51)63)49-40-38-46(39-41-49)64-55-29-13-15-31-57(55)65(58-32-16-14-30-56(58)64)60-34-19-33-59-52-26-17-18-35-61(52)67(66(59)60,47-20-5-3-6-21-47)48-22-7-4-8-23-48/h3-43H,1-2H3. The van der Waals surface area contributed by atoms with Gasteiger partial charge in [0.2, 0.25) is 0 Å². The molecule has 1 aliphatic rings. The summed E-state index contributed by atoms with van der Waals surface area (Å²) in [6, 6.07) is 92.6. The molecule has 12 aromatic rings. The summed E-state index contributed by atoms with van der Waals surface area (Å²) in [7, 11) is 0. The van der Waals surface area contributed by atoms with E-state index in [1.165, 1.54) is 110 Å². The lowest BCUT2D eigenvalue weighted by Crippen LogP contribution is -2.29. The third kappa shape index (κ3) is 5.89. The summed E-state index contributed by atoms with van der Waals surface area (Å²) in [5, 5.41) is 9.93. The molecule has 0 heterocycles. The highest BCUT2D eigenvalue weighted by molar-refractivity contribution is 6.22. The molecule has 0 atom stereocenters. The third-order valence-corrected chi connectivity index (χ3v) is 14.8. The SMILES string of the molecule is Cc1ccc(N(c2ccc(-c3c4ccccc4c(-c4cccc5c4C(c4ccccc4)(c4ccccc4)c4ccccc4-5)c4ccccc34)cc2)c2ccc(C)c3ccccc23)c2ccccc12.